The summed E-state index contributed by atoms with van der Waals surface area (Å²) in [5.41, 5.74) is 6.18. The lowest BCUT2D eigenvalue weighted by atomic mass is 10.2. The third-order valence-corrected chi connectivity index (χ3v) is 2.81. The number of nitrogens with zero attached hydrogens (tertiary/aromatic N) is 2. The molecule has 0 radical (unpaired) electrons. The average molecular weight is 238 g/mol. The SMILES string of the molecule is CC(N)c1nc2cccc(Cl)c2c(=O)n1C. The number of hydrogen-bond acceptors (Lipinski definition) is 3. The Labute approximate surface area is 97.7 Å². The van der Waals surface area contributed by atoms with E-state index in [1.54, 1.807) is 32.2 Å². The monoisotopic (exact) mass is 237 g/mol. The van der Waals surface area contributed by atoms with Crippen molar-refractivity contribution >= 4 is 22.5 Å². The van der Waals surface area contributed by atoms with Crippen LogP contribution in [0.5, 0.6) is 0 Å². The predicted molar refractivity (Wildman–Crippen MR) is 64.6 cm³/mol. The standard InChI is InChI=1S/C11H12ClN3O/c1-6(13)10-14-8-5-3-4-7(12)9(8)11(16)15(10)2/h3-6H,13H2,1-2H3. The molecule has 4 nitrogen and oxygen atoms in total. The van der Waals surface area contributed by atoms with Gasteiger partial charge in [0, 0.05) is 7.05 Å². The van der Waals surface area contributed by atoms with Gasteiger partial charge in [-0.05, 0) is 19.1 Å². The topological polar surface area (TPSA) is 60.9 Å². The smallest absolute Gasteiger partial charge is 0.262 e. The van der Waals surface area contributed by atoms with E-state index in [1.165, 1.54) is 4.57 Å². The molecular weight excluding hydrogens is 226 g/mol. The van der Waals surface area contributed by atoms with Gasteiger partial charge in [-0.3, -0.25) is 9.36 Å². The number of aromatic nitrogens is 2. The summed E-state index contributed by atoms with van der Waals surface area (Å²) in [6.45, 7) is 1.79. The molecule has 5 heteroatoms. The Morgan fingerprint density at radius 2 is 2.19 bits per heavy atom. The summed E-state index contributed by atoms with van der Waals surface area (Å²) in [5.74, 6) is 0.555. The zero-order valence-corrected chi connectivity index (χ0v) is 9.82. The maximum Gasteiger partial charge on any atom is 0.262 e. The molecule has 0 aliphatic heterocycles. The van der Waals surface area contributed by atoms with E-state index < -0.39 is 0 Å². The van der Waals surface area contributed by atoms with Crippen LogP contribution < -0.4 is 11.3 Å². The van der Waals surface area contributed by atoms with Gasteiger partial charge in [0.1, 0.15) is 5.82 Å². The van der Waals surface area contributed by atoms with Crippen LogP contribution in [0.3, 0.4) is 0 Å². The van der Waals surface area contributed by atoms with Crippen molar-refractivity contribution in [1.82, 2.24) is 9.55 Å². The van der Waals surface area contributed by atoms with Gasteiger partial charge < -0.3 is 5.73 Å². The van der Waals surface area contributed by atoms with Crippen LogP contribution in [0.25, 0.3) is 10.9 Å². The quantitative estimate of drug-likeness (QED) is 0.820. The van der Waals surface area contributed by atoms with E-state index in [0.29, 0.717) is 21.7 Å². The highest BCUT2D eigenvalue weighted by atomic mass is 35.5. The van der Waals surface area contributed by atoms with Crippen LogP contribution in [-0.4, -0.2) is 9.55 Å². The molecule has 1 atom stereocenters. The van der Waals surface area contributed by atoms with Gasteiger partial charge in [-0.2, -0.15) is 0 Å². The molecule has 0 saturated heterocycles. The van der Waals surface area contributed by atoms with Crippen molar-refractivity contribution in [3.05, 3.63) is 39.4 Å². The summed E-state index contributed by atoms with van der Waals surface area (Å²) < 4.78 is 1.44. The van der Waals surface area contributed by atoms with Gasteiger partial charge >= 0.3 is 0 Å². The van der Waals surface area contributed by atoms with Crippen molar-refractivity contribution in [3.8, 4) is 0 Å². The normalized spacial score (nSPS) is 13.0. The van der Waals surface area contributed by atoms with E-state index in [-0.39, 0.29) is 11.6 Å². The van der Waals surface area contributed by atoms with Crippen LogP contribution >= 0.6 is 11.6 Å². The summed E-state index contributed by atoms with van der Waals surface area (Å²) in [7, 11) is 1.65. The fraction of sp³-hybridized carbons (Fsp3) is 0.273. The number of rotatable bonds is 1. The molecule has 0 aliphatic carbocycles. The van der Waals surface area contributed by atoms with Crippen molar-refractivity contribution in [2.24, 2.45) is 12.8 Å². The molecule has 0 aliphatic rings. The Bertz CT molecular complexity index is 604. The molecule has 1 aromatic heterocycles. The lowest BCUT2D eigenvalue weighted by Gasteiger charge is -2.12. The second-order valence-corrected chi connectivity index (χ2v) is 4.16. The Hall–Kier alpha value is -1.39. The van der Waals surface area contributed by atoms with Gasteiger partial charge in [0.05, 0.1) is 22.0 Å². The molecule has 2 rings (SSSR count). The van der Waals surface area contributed by atoms with Crippen LogP contribution in [0.1, 0.15) is 18.8 Å². The highest BCUT2D eigenvalue weighted by Crippen LogP contribution is 2.19. The molecule has 1 aromatic carbocycles. The predicted octanol–water partition coefficient (Wildman–Crippen LogP) is 1.61. The van der Waals surface area contributed by atoms with Gasteiger partial charge in [-0.25, -0.2) is 4.98 Å². The molecule has 0 amide bonds. The zero-order chi connectivity index (χ0) is 11.9. The highest BCUT2D eigenvalue weighted by molar-refractivity contribution is 6.35. The van der Waals surface area contributed by atoms with Gasteiger partial charge in [-0.15, -0.1) is 0 Å². The first-order valence-electron chi connectivity index (χ1n) is 4.93. The van der Waals surface area contributed by atoms with Crippen LogP contribution in [0.2, 0.25) is 5.02 Å². The second-order valence-electron chi connectivity index (χ2n) is 3.76. The maximum atomic E-state index is 12.1. The molecular formula is C11H12ClN3O. The Balaban J connectivity index is 2.95. The van der Waals surface area contributed by atoms with Gasteiger partial charge in [0.2, 0.25) is 0 Å². The largest absolute Gasteiger partial charge is 0.322 e. The van der Waals surface area contributed by atoms with Crippen LogP contribution in [0.15, 0.2) is 23.0 Å². The Morgan fingerprint density at radius 1 is 1.50 bits per heavy atom. The van der Waals surface area contributed by atoms with Crippen molar-refractivity contribution in [3.63, 3.8) is 0 Å². The van der Waals surface area contributed by atoms with Gasteiger partial charge in [-0.1, -0.05) is 17.7 Å². The van der Waals surface area contributed by atoms with Crippen molar-refractivity contribution in [2.45, 2.75) is 13.0 Å². The zero-order valence-electron chi connectivity index (χ0n) is 9.07. The van der Waals surface area contributed by atoms with E-state index in [4.69, 9.17) is 17.3 Å². The van der Waals surface area contributed by atoms with Crippen molar-refractivity contribution < 1.29 is 0 Å². The molecule has 84 valence electrons. The van der Waals surface area contributed by atoms with Gasteiger partial charge in [0.25, 0.3) is 5.56 Å². The summed E-state index contributed by atoms with van der Waals surface area (Å²) >= 11 is 5.98. The fourth-order valence-corrected chi connectivity index (χ4v) is 1.95. The van der Waals surface area contributed by atoms with Crippen LogP contribution in [-0.2, 0) is 7.05 Å². The van der Waals surface area contributed by atoms with Gasteiger partial charge in [0.15, 0.2) is 0 Å². The fourth-order valence-electron chi connectivity index (χ4n) is 1.70. The molecule has 0 saturated carbocycles. The molecule has 16 heavy (non-hydrogen) atoms. The number of fused-ring (bicyclic) bond motifs is 1. The van der Waals surface area contributed by atoms with E-state index in [1.807, 2.05) is 0 Å². The van der Waals surface area contributed by atoms with E-state index in [2.05, 4.69) is 4.98 Å². The Morgan fingerprint density at radius 3 is 2.81 bits per heavy atom. The number of benzene rings is 1. The molecule has 2 N–H and O–H groups in total. The highest BCUT2D eigenvalue weighted by Gasteiger charge is 2.12. The van der Waals surface area contributed by atoms with E-state index in [9.17, 15) is 4.79 Å². The second kappa shape index (κ2) is 3.88. The minimum Gasteiger partial charge on any atom is -0.322 e. The number of nitrogens with two attached hydrogens (primary N) is 1. The molecule has 0 spiro atoms. The van der Waals surface area contributed by atoms with E-state index >= 15 is 0 Å². The molecule has 1 heterocycles. The Kier molecular flexibility index (Phi) is 2.69. The molecule has 1 unspecified atom stereocenters. The molecule has 0 bridgehead atoms. The number of hydrogen-bond donors (Lipinski definition) is 1. The van der Waals surface area contributed by atoms with E-state index in [0.717, 1.165) is 0 Å². The minimum absolute atomic E-state index is 0.164. The summed E-state index contributed by atoms with van der Waals surface area (Å²) in [5, 5.41) is 0.859. The summed E-state index contributed by atoms with van der Waals surface area (Å²) in [4.78, 5) is 16.4. The lowest BCUT2D eigenvalue weighted by Crippen LogP contribution is -2.26. The minimum atomic E-state index is -0.291. The maximum absolute atomic E-state index is 12.1. The summed E-state index contributed by atoms with van der Waals surface area (Å²) in [6.07, 6.45) is 0. The lowest BCUT2D eigenvalue weighted by molar-refractivity contribution is 0.656. The first-order valence-corrected chi connectivity index (χ1v) is 5.31. The number of halogens is 1. The third-order valence-electron chi connectivity index (χ3n) is 2.50. The van der Waals surface area contributed by atoms with Crippen LogP contribution in [0, 0.1) is 0 Å². The van der Waals surface area contributed by atoms with Crippen LogP contribution in [0.4, 0.5) is 0 Å². The van der Waals surface area contributed by atoms with Crippen molar-refractivity contribution in [1.29, 1.82) is 0 Å². The molecule has 2 aromatic rings. The summed E-state index contributed by atoms with van der Waals surface area (Å²) in [6, 6.07) is 4.91. The first-order chi connectivity index (χ1) is 7.52. The van der Waals surface area contributed by atoms with Crippen molar-refractivity contribution in [2.75, 3.05) is 0 Å². The average Bonchev–Trinajstić information content (AvgIpc) is 2.22. The third kappa shape index (κ3) is 1.60. The molecule has 0 fully saturated rings. The first kappa shape index (κ1) is 11.1.